The Morgan fingerprint density at radius 2 is 1.75 bits per heavy atom. The van der Waals surface area contributed by atoms with E-state index in [4.69, 9.17) is 0 Å². The highest BCUT2D eigenvalue weighted by Gasteiger charge is 2.24. The van der Waals surface area contributed by atoms with Crippen molar-refractivity contribution in [2.24, 2.45) is 0 Å². The van der Waals surface area contributed by atoms with E-state index in [1.165, 1.54) is 24.9 Å². The second-order valence-corrected chi connectivity index (χ2v) is 6.80. The maximum Gasteiger partial charge on any atom is 0.228 e. The number of benzene rings is 2. The molecule has 1 saturated heterocycles. The predicted octanol–water partition coefficient (Wildman–Crippen LogP) is 4.64. The summed E-state index contributed by atoms with van der Waals surface area (Å²) >= 11 is 0. The van der Waals surface area contributed by atoms with Crippen LogP contribution in [0.5, 0.6) is 0 Å². The molecule has 2 unspecified atom stereocenters. The number of anilines is 2. The Bertz CT molecular complexity index is 673. The third-order valence-electron chi connectivity index (χ3n) is 4.83. The summed E-state index contributed by atoms with van der Waals surface area (Å²) in [5.74, 6) is 0.0260. The molecule has 1 amide bonds. The molecule has 1 heterocycles. The lowest BCUT2D eigenvalue weighted by Gasteiger charge is -2.41. The van der Waals surface area contributed by atoms with E-state index in [1.807, 2.05) is 42.5 Å². The van der Waals surface area contributed by atoms with Gasteiger partial charge in [0.05, 0.1) is 6.42 Å². The van der Waals surface area contributed by atoms with E-state index >= 15 is 0 Å². The molecule has 3 heteroatoms. The molecule has 126 valence electrons. The molecular weight excluding hydrogens is 296 g/mol. The summed E-state index contributed by atoms with van der Waals surface area (Å²) < 4.78 is 0. The number of hydrogen-bond donors (Lipinski definition) is 1. The van der Waals surface area contributed by atoms with Crippen LogP contribution in [-0.2, 0) is 11.2 Å². The van der Waals surface area contributed by atoms with Crippen LogP contribution in [-0.4, -0.2) is 18.0 Å². The average molecular weight is 322 g/mol. The fourth-order valence-corrected chi connectivity index (χ4v) is 3.66. The molecule has 0 saturated carbocycles. The van der Waals surface area contributed by atoms with Gasteiger partial charge in [-0.25, -0.2) is 0 Å². The van der Waals surface area contributed by atoms with Gasteiger partial charge in [-0.1, -0.05) is 36.4 Å². The molecule has 2 aromatic carbocycles. The lowest BCUT2D eigenvalue weighted by atomic mass is 9.96. The first-order chi connectivity index (χ1) is 11.6. The zero-order chi connectivity index (χ0) is 16.9. The molecule has 0 radical (unpaired) electrons. The zero-order valence-corrected chi connectivity index (χ0v) is 14.5. The lowest BCUT2D eigenvalue weighted by molar-refractivity contribution is -0.115. The van der Waals surface area contributed by atoms with Gasteiger partial charge in [-0.2, -0.15) is 0 Å². The number of hydrogen-bond acceptors (Lipinski definition) is 2. The molecule has 3 nitrogen and oxygen atoms in total. The SMILES string of the molecule is CC1CCCC(C)N1c1cccc(NC(=O)Cc2ccccc2)c1. The van der Waals surface area contributed by atoms with E-state index in [-0.39, 0.29) is 5.91 Å². The van der Waals surface area contributed by atoms with E-state index in [9.17, 15) is 4.79 Å². The minimum Gasteiger partial charge on any atom is -0.366 e. The topological polar surface area (TPSA) is 32.3 Å². The number of nitrogens with one attached hydrogen (secondary N) is 1. The molecule has 24 heavy (non-hydrogen) atoms. The first kappa shape index (κ1) is 16.6. The van der Waals surface area contributed by atoms with Crippen molar-refractivity contribution >= 4 is 17.3 Å². The average Bonchev–Trinajstić information content (AvgIpc) is 2.56. The van der Waals surface area contributed by atoms with Gasteiger partial charge in [-0.05, 0) is 56.9 Å². The van der Waals surface area contributed by atoms with Crippen LogP contribution in [0.15, 0.2) is 54.6 Å². The molecule has 1 aliphatic heterocycles. The van der Waals surface area contributed by atoms with Crippen molar-refractivity contribution in [1.29, 1.82) is 0 Å². The predicted molar refractivity (Wildman–Crippen MR) is 100 cm³/mol. The van der Waals surface area contributed by atoms with Crippen LogP contribution in [0.2, 0.25) is 0 Å². The first-order valence-corrected chi connectivity index (χ1v) is 8.85. The largest absolute Gasteiger partial charge is 0.366 e. The van der Waals surface area contributed by atoms with Gasteiger partial charge in [0.25, 0.3) is 0 Å². The number of amides is 1. The molecular formula is C21H26N2O. The van der Waals surface area contributed by atoms with E-state index in [0.29, 0.717) is 18.5 Å². The Balaban J connectivity index is 1.70. The number of carbonyl (C=O) groups excluding carboxylic acids is 1. The first-order valence-electron chi connectivity index (χ1n) is 8.85. The van der Waals surface area contributed by atoms with Crippen LogP contribution in [0.4, 0.5) is 11.4 Å². The van der Waals surface area contributed by atoms with Crippen LogP contribution in [0.25, 0.3) is 0 Å². The molecule has 3 rings (SSSR count). The summed E-state index contributed by atoms with van der Waals surface area (Å²) in [5, 5.41) is 3.03. The highest BCUT2D eigenvalue weighted by molar-refractivity contribution is 5.92. The molecule has 2 atom stereocenters. The van der Waals surface area contributed by atoms with Crippen LogP contribution in [0.1, 0.15) is 38.7 Å². The van der Waals surface area contributed by atoms with E-state index in [2.05, 4.69) is 36.2 Å². The van der Waals surface area contributed by atoms with Gasteiger partial charge >= 0.3 is 0 Å². The summed E-state index contributed by atoms with van der Waals surface area (Å²) in [7, 11) is 0. The Kier molecular flexibility index (Phi) is 5.19. The van der Waals surface area contributed by atoms with Crippen molar-refractivity contribution in [1.82, 2.24) is 0 Å². The van der Waals surface area contributed by atoms with Crippen LogP contribution in [0, 0.1) is 0 Å². The molecule has 0 bridgehead atoms. The van der Waals surface area contributed by atoms with Crippen LogP contribution < -0.4 is 10.2 Å². The quantitative estimate of drug-likeness (QED) is 0.889. The highest BCUT2D eigenvalue weighted by atomic mass is 16.1. The summed E-state index contributed by atoms with van der Waals surface area (Å²) in [4.78, 5) is 14.8. The van der Waals surface area contributed by atoms with Gasteiger partial charge < -0.3 is 10.2 Å². The minimum atomic E-state index is 0.0260. The Morgan fingerprint density at radius 3 is 2.46 bits per heavy atom. The third kappa shape index (κ3) is 3.97. The van der Waals surface area contributed by atoms with Crippen molar-refractivity contribution in [2.45, 2.75) is 51.6 Å². The summed E-state index contributed by atoms with van der Waals surface area (Å²) in [6.45, 7) is 4.58. The fourth-order valence-electron chi connectivity index (χ4n) is 3.66. The van der Waals surface area contributed by atoms with Crippen molar-refractivity contribution in [2.75, 3.05) is 10.2 Å². The molecule has 0 spiro atoms. The van der Waals surface area contributed by atoms with E-state index in [1.54, 1.807) is 0 Å². The number of rotatable bonds is 4. The summed E-state index contributed by atoms with van der Waals surface area (Å²) in [6, 6.07) is 19.2. The second kappa shape index (κ2) is 7.52. The standard InChI is InChI=1S/C21H26N2O/c1-16-8-6-9-17(2)23(16)20-13-7-12-19(15-20)22-21(24)14-18-10-4-3-5-11-18/h3-5,7,10-13,15-17H,6,8-9,14H2,1-2H3,(H,22,24). The van der Waals surface area contributed by atoms with Crippen molar-refractivity contribution in [3.05, 3.63) is 60.2 Å². The van der Waals surface area contributed by atoms with Crippen molar-refractivity contribution in [3.63, 3.8) is 0 Å². The van der Waals surface area contributed by atoms with Gasteiger partial charge in [0.1, 0.15) is 0 Å². The molecule has 1 fully saturated rings. The molecule has 0 aliphatic carbocycles. The summed E-state index contributed by atoms with van der Waals surface area (Å²) in [6.07, 6.45) is 4.16. The third-order valence-corrected chi connectivity index (χ3v) is 4.83. The van der Waals surface area contributed by atoms with Crippen LogP contribution in [0.3, 0.4) is 0 Å². The Labute approximate surface area is 144 Å². The van der Waals surface area contributed by atoms with Gasteiger partial charge in [0.15, 0.2) is 0 Å². The maximum absolute atomic E-state index is 12.3. The van der Waals surface area contributed by atoms with Crippen molar-refractivity contribution < 1.29 is 4.79 Å². The van der Waals surface area contributed by atoms with Crippen molar-refractivity contribution in [3.8, 4) is 0 Å². The fraction of sp³-hybridized carbons (Fsp3) is 0.381. The Morgan fingerprint density at radius 1 is 1.04 bits per heavy atom. The molecule has 0 aromatic heterocycles. The smallest absolute Gasteiger partial charge is 0.228 e. The molecule has 1 N–H and O–H groups in total. The minimum absolute atomic E-state index is 0.0260. The summed E-state index contributed by atoms with van der Waals surface area (Å²) in [5.41, 5.74) is 3.11. The van der Waals surface area contributed by atoms with E-state index in [0.717, 1.165) is 11.3 Å². The zero-order valence-electron chi connectivity index (χ0n) is 14.5. The number of carbonyl (C=O) groups is 1. The lowest BCUT2D eigenvalue weighted by Crippen LogP contribution is -2.43. The maximum atomic E-state index is 12.3. The monoisotopic (exact) mass is 322 g/mol. The number of nitrogens with zero attached hydrogens (tertiary/aromatic N) is 1. The van der Waals surface area contributed by atoms with Gasteiger partial charge in [0.2, 0.25) is 5.91 Å². The molecule has 2 aromatic rings. The van der Waals surface area contributed by atoms with Gasteiger partial charge in [0, 0.05) is 23.5 Å². The van der Waals surface area contributed by atoms with Gasteiger partial charge in [-0.3, -0.25) is 4.79 Å². The Hall–Kier alpha value is -2.29. The molecule has 1 aliphatic rings. The normalized spacial score (nSPS) is 20.7. The number of piperidine rings is 1. The second-order valence-electron chi connectivity index (χ2n) is 6.80. The highest BCUT2D eigenvalue weighted by Crippen LogP contribution is 2.30. The van der Waals surface area contributed by atoms with E-state index < -0.39 is 0 Å². The van der Waals surface area contributed by atoms with Gasteiger partial charge in [-0.15, -0.1) is 0 Å². The van der Waals surface area contributed by atoms with Crippen LogP contribution >= 0.6 is 0 Å².